The van der Waals surface area contributed by atoms with Crippen molar-refractivity contribution in [3.8, 4) is 0 Å². The van der Waals surface area contributed by atoms with Gasteiger partial charge in [-0.2, -0.15) is 0 Å². The van der Waals surface area contributed by atoms with Crippen LogP contribution in [-0.4, -0.2) is 5.54 Å². The largest absolute Gasteiger partial charge is 0.380 e. The Morgan fingerprint density at radius 2 is 2.07 bits per heavy atom. The zero-order chi connectivity index (χ0) is 11.5. The van der Waals surface area contributed by atoms with Gasteiger partial charge in [-0.3, -0.25) is 0 Å². The molecule has 1 aliphatic rings. The molecule has 0 amide bonds. The lowest BCUT2D eigenvalue weighted by molar-refractivity contribution is 0.463. The second kappa shape index (κ2) is 4.87. The van der Waals surface area contributed by atoms with Crippen molar-refractivity contribution >= 4 is 0 Å². The second-order valence-electron chi connectivity index (χ2n) is 5.56. The van der Waals surface area contributed by atoms with Crippen LogP contribution in [0.2, 0.25) is 0 Å². The van der Waals surface area contributed by atoms with Gasteiger partial charge in [-0.1, -0.05) is 33.3 Å². The average molecular weight is 207 g/mol. The molecule has 15 heavy (non-hydrogen) atoms. The van der Waals surface area contributed by atoms with Crippen molar-refractivity contribution in [2.24, 2.45) is 5.92 Å². The minimum absolute atomic E-state index is 0.251. The molecule has 1 rings (SSSR count). The maximum atomic E-state index is 3.61. The lowest BCUT2D eigenvalue weighted by Crippen LogP contribution is -2.32. The van der Waals surface area contributed by atoms with E-state index in [1.54, 1.807) is 5.57 Å². The van der Waals surface area contributed by atoms with Crippen LogP contribution in [-0.2, 0) is 0 Å². The van der Waals surface area contributed by atoms with Crippen molar-refractivity contribution in [1.82, 2.24) is 5.32 Å². The van der Waals surface area contributed by atoms with Crippen LogP contribution in [0.1, 0.15) is 53.9 Å². The normalized spacial score (nSPS) is 20.4. The van der Waals surface area contributed by atoms with Crippen molar-refractivity contribution in [2.75, 3.05) is 0 Å². The van der Waals surface area contributed by atoms with E-state index in [2.05, 4.69) is 52.1 Å². The second-order valence-corrected chi connectivity index (χ2v) is 5.56. The summed E-state index contributed by atoms with van der Waals surface area (Å²) >= 11 is 0. The van der Waals surface area contributed by atoms with Crippen molar-refractivity contribution < 1.29 is 0 Å². The Kier molecular flexibility index (Phi) is 4.01. The summed E-state index contributed by atoms with van der Waals surface area (Å²) in [5.74, 6) is 0.630. The van der Waals surface area contributed by atoms with Gasteiger partial charge in [0, 0.05) is 11.2 Å². The van der Waals surface area contributed by atoms with Crippen LogP contribution in [0.5, 0.6) is 0 Å². The summed E-state index contributed by atoms with van der Waals surface area (Å²) in [4.78, 5) is 0. The van der Waals surface area contributed by atoms with E-state index in [1.807, 2.05) is 0 Å². The molecule has 0 aromatic carbocycles. The molecule has 0 radical (unpaired) electrons. The van der Waals surface area contributed by atoms with E-state index in [9.17, 15) is 0 Å². The van der Waals surface area contributed by atoms with Crippen molar-refractivity contribution in [3.63, 3.8) is 0 Å². The molecule has 0 spiro atoms. The topological polar surface area (TPSA) is 12.0 Å². The summed E-state index contributed by atoms with van der Waals surface area (Å²) in [5.41, 5.74) is 3.22. The summed E-state index contributed by atoms with van der Waals surface area (Å²) in [7, 11) is 0. The standard InChI is InChI=1S/C14H25N/c1-6-7-12-10-14(4,5)15-13(12)9-8-11(2)3/h8-9,11,15H,6-7,10H2,1-5H3/b9-8-. The van der Waals surface area contributed by atoms with E-state index in [1.165, 1.54) is 25.0 Å². The molecule has 0 bridgehead atoms. The first-order valence-electron chi connectivity index (χ1n) is 6.13. The SMILES string of the molecule is CCCC1=C(/C=C\C(C)C)NC(C)(C)C1. The third kappa shape index (κ3) is 3.73. The molecule has 0 saturated carbocycles. The highest BCUT2D eigenvalue weighted by molar-refractivity contribution is 5.32. The third-order valence-electron chi connectivity index (χ3n) is 2.71. The molecular formula is C14H25N. The van der Waals surface area contributed by atoms with E-state index >= 15 is 0 Å². The Balaban J connectivity index is 2.76. The quantitative estimate of drug-likeness (QED) is 0.734. The summed E-state index contributed by atoms with van der Waals surface area (Å²) < 4.78 is 0. The molecule has 1 heterocycles. The van der Waals surface area contributed by atoms with Gasteiger partial charge >= 0.3 is 0 Å². The van der Waals surface area contributed by atoms with E-state index in [0.717, 1.165) is 0 Å². The molecule has 0 unspecified atom stereocenters. The van der Waals surface area contributed by atoms with E-state index < -0.39 is 0 Å². The fourth-order valence-corrected chi connectivity index (χ4v) is 2.10. The van der Waals surface area contributed by atoms with Crippen molar-refractivity contribution in [2.45, 2.75) is 59.4 Å². The highest BCUT2D eigenvalue weighted by Gasteiger charge is 2.27. The first-order valence-corrected chi connectivity index (χ1v) is 6.13. The average Bonchev–Trinajstić information content (AvgIpc) is 2.38. The fraction of sp³-hybridized carbons (Fsp3) is 0.714. The van der Waals surface area contributed by atoms with Crippen LogP contribution < -0.4 is 5.32 Å². The monoisotopic (exact) mass is 207 g/mol. The Morgan fingerprint density at radius 3 is 2.60 bits per heavy atom. The van der Waals surface area contributed by atoms with Gasteiger partial charge in [-0.25, -0.2) is 0 Å². The van der Waals surface area contributed by atoms with Gasteiger partial charge in [-0.05, 0) is 44.3 Å². The zero-order valence-electron chi connectivity index (χ0n) is 10.9. The predicted molar refractivity (Wildman–Crippen MR) is 67.7 cm³/mol. The highest BCUT2D eigenvalue weighted by atomic mass is 15.0. The number of nitrogens with one attached hydrogen (secondary N) is 1. The summed E-state index contributed by atoms with van der Waals surface area (Å²) in [5, 5.41) is 3.61. The molecule has 1 aliphatic heterocycles. The van der Waals surface area contributed by atoms with Gasteiger partial charge in [0.1, 0.15) is 0 Å². The van der Waals surface area contributed by atoms with Gasteiger partial charge < -0.3 is 5.32 Å². The number of hydrogen-bond acceptors (Lipinski definition) is 1. The molecule has 0 saturated heterocycles. The molecule has 0 aromatic rings. The van der Waals surface area contributed by atoms with Gasteiger partial charge in [0.15, 0.2) is 0 Å². The molecule has 0 atom stereocenters. The van der Waals surface area contributed by atoms with Crippen molar-refractivity contribution in [3.05, 3.63) is 23.4 Å². The Morgan fingerprint density at radius 1 is 1.40 bits per heavy atom. The van der Waals surface area contributed by atoms with Gasteiger partial charge in [-0.15, -0.1) is 0 Å². The summed E-state index contributed by atoms with van der Waals surface area (Å²) in [6, 6.07) is 0. The van der Waals surface area contributed by atoms with Crippen LogP contribution >= 0.6 is 0 Å². The summed E-state index contributed by atoms with van der Waals surface area (Å²) in [6.45, 7) is 11.2. The number of rotatable bonds is 4. The van der Waals surface area contributed by atoms with Crippen LogP contribution in [0.3, 0.4) is 0 Å². The van der Waals surface area contributed by atoms with Crippen LogP contribution in [0, 0.1) is 5.92 Å². The first kappa shape index (κ1) is 12.4. The molecular weight excluding hydrogens is 182 g/mol. The molecule has 1 nitrogen and oxygen atoms in total. The maximum absolute atomic E-state index is 3.61. The van der Waals surface area contributed by atoms with Crippen LogP contribution in [0.15, 0.2) is 23.4 Å². The lowest BCUT2D eigenvalue weighted by Gasteiger charge is -2.19. The number of hydrogen-bond donors (Lipinski definition) is 1. The molecule has 1 heteroatoms. The lowest BCUT2D eigenvalue weighted by atomic mass is 9.97. The highest BCUT2D eigenvalue weighted by Crippen LogP contribution is 2.30. The van der Waals surface area contributed by atoms with E-state index in [-0.39, 0.29) is 5.54 Å². The van der Waals surface area contributed by atoms with Crippen molar-refractivity contribution in [1.29, 1.82) is 0 Å². The summed E-state index contributed by atoms with van der Waals surface area (Å²) in [6.07, 6.45) is 8.21. The zero-order valence-corrected chi connectivity index (χ0v) is 10.9. The third-order valence-corrected chi connectivity index (χ3v) is 2.71. The minimum atomic E-state index is 0.251. The number of allylic oxidation sites excluding steroid dienone is 2. The van der Waals surface area contributed by atoms with Crippen LogP contribution in [0.4, 0.5) is 0 Å². The van der Waals surface area contributed by atoms with Gasteiger partial charge in [0.2, 0.25) is 0 Å². The minimum Gasteiger partial charge on any atom is -0.380 e. The predicted octanol–water partition coefficient (Wildman–Crippen LogP) is 4.02. The maximum Gasteiger partial charge on any atom is 0.0355 e. The Labute approximate surface area is 94.6 Å². The first-order chi connectivity index (χ1) is 6.94. The molecule has 0 aliphatic carbocycles. The van der Waals surface area contributed by atoms with Gasteiger partial charge in [0.05, 0.1) is 0 Å². The Bertz CT molecular complexity index is 269. The smallest absolute Gasteiger partial charge is 0.0355 e. The van der Waals surface area contributed by atoms with E-state index in [0.29, 0.717) is 5.92 Å². The van der Waals surface area contributed by atoms with Gasteiger partial charge in [0.25, 0.3) is 0 Å². The fourth-order valence-electron chi connectivity index (χ4n) is 2.10. The van der Waals surface area contributed by atoms with Crippen LogP contribution in [0.25, 0.3) is 0 Å². The molecule has 0 fully saturated rings. The molecule has 0 aromatic heterocycles. The Hall–Kier alpha value is -0.720. The van der Waals surface area contributed by atoms with E-state index in [4.69, 9.17) is 0 Å². The molecule has 1 N–H and O–H groups in total. The molecule has 86 valence electrons.